The van der Waals surface area contributed by atoms with Gasteiger partial charge in [0.15, 0.2) is 8.32 Å². The highest BCUT2D eigenvalue weighted by molar-refractivity contribution is 6.72. The van der Waals surface area contributed by atoms with Crippen LogP contribution in [-0.2, 0) is 24.4 Å². The van der Waals surface area contributed by atoms with Crippen LogP contribution < -0.4 is 10.1 Å². The number of ether oxygens (including phenoxy) is 2. The summed E-state index contributed by atoms with van der Waals surface area (Å²) in [6.07, 6.45) is 1.63. The fraction of sp³-hybridized carbons (Fsp3) is 0.400. The zero-order chi connectivity index (χ0) is 31.2. The number of esters is 1. The summed E-state index contributed by atoms with van der Waals surface area (Å²) in [4.78, 5) is 26.1. The predicted octanol–water partition coefficient (Wildman–Crippen LogP) is 6.70. The van der Waals surface area contributed by atoms with Crippen molar-refractivity contribution >= 4 is 25.2 Å². The molecule has 8 heteroatoms. The van der Waals surface area contributed by atoms with Gasteiger partial charge in [-0.3, -0.25) is 0 Å². The van der Waals surface area contributed by atoms with E-state index in [-0.39, 0.29) is 29.6 Å². The standard InChI is InChI=1S/C35H46N2O5Si/c1-24(16-26-12-14-31-28(17-26)19-32(37-31)34(39)41-4)36-21-30(20-35(2,3)43(5,6)40)27-13-15-33(29(18-27)22-38)42-23-25-10-8-7-9-11-25/h7-15,17-19,24,30,36-38,40H,16,20-23H2,1-6H3/t24-,30+/m1/s1. The molecule has 230 valence electrons. The number of aliphatic hydroxyl groups excluding tert-OH is 1. The molecule has 0 radical (unpaired) electrons. The van der Waals surface area contributed by atoms with Crippen molar-refractivity contribution in [3.8, 4) is 5.75 Å². The van der Waals surface area contributed by atoms with Gasteiger partial charge >= 0.3 is 5.97 Å². The number of aliphatic hydroxyl groups is 1. The Balaban J connectivity index is 1.49. The molecule has 0 spiro atoms. The molecule has 4 N–H and O–H groups in total. The maximum atomic E-state index is 11.9. The van der Waals surface area contributed by atoms with E-state index in [4.69, 9.17) is 9.47 Å². The van der Waals surface area contributed by atoms with Gasteiger partial charge in [0.25, 0.3) is 0 Å². The topological polar surface area (TPSA) is 104 Å². The normalized spacial score (nSPS) is 13.6. The van der Waals surface area contributed by atoms with Crippen molar-refractivity contribution in [2.75, 3.05) is 13.7 Å². The Morgan fingerprint density at radius 1 is 1.02 bits per heavy atom. The zero-order valence-corrected chi connectivity index (χ0v) is 27.2. The minimum Gasteiger partial charge on any atom is -0.489 e. The number of aromatic amines is 1. The van der Waals surface area contributed by atoms with Crippen LogP contribution in [0.3, 0.4) is 0 Å². The molecule has 1 heterocycles. The summed E-state index contributed by atoms with van der Waals surface area (Å²) in [7, 11) is -1.07. The molecule has 3 aromatic carbocycles. The number of fused-ring (bicyclic) bond motifs is 1. The highest BCUT2D eigenvalue weighted by atomic mass is 28.4. The molecule has 0 saturated heterocycles. The number of hydrogen-bond acceptors (Lipinski definition) is 6. The average Bonchev–Trinajstić information content (AvgIpc) is 3.41. The molecule has 0 unspecified atom stereocenters. The van der Waals surface area contributed by atoms with Crippen molar-refractivity contribution < 1.29 is 24.2 Å². The van der Waals surface area contributed by atoms with Gasteiger partial charge in [-0.25, -0.2) is 4.79 Å². The molecule has 0 aliphatic carbocycles. The Morgan fingerprint density at radius 3 is 2.44 bits per heavy atom. The van der Waals surface area contributed by atoms with Gasteiger partial charge in [-0.05, 0) is 90.8 Å². The minimum atomic E-state index is -2.45. The van der Waals surface area contributed by atoms with Crippen LogP contribution in [0.4, 0.5) is 0 Å². The predicted molar refractivity (Wildman–Crippen MR) is 175 cm³/mol. The third-order valence-electron chi connectivity index (χ3n) is 8.72. The summed E-state index contributed by atoms with van der Waals surface area (Å²) in [5.41, 5.74) is 5.47. The van der Waals surface area contributed by atoms with Crippen LogP contribution in [0.5, 0.6) is 5.75 Å². The number of nitrogens with one attached hydrogen (secondary N) is 2. The third-order valence-corrected chi connectivity index (χ3v) is 12.2. The van der Waals surface area contributed by atoms with E-state index in [0.717, 1.165) is 47.0 Å². The molecule has 7 nitrogen and oxygen atoms in total. The van der Waals surface area contributed by atoms with E-state index in [1.807, 2.05) is 61.6 Å². The van der Waals surface area contributed by atoms with Crippen LogP contribution in [0.25, 0.3) is 10.9 Å². The van der Waals surface area contributed by atoms with Crippen molar-refractivity contribution in [3.05, 3.63) is 101 Å². The largest absolute Gasteiger partial charge is 0.489 e. The molecule has 0 fully saturated rings. The van der Waals surface area contributed by atoms with Gasteiger partial charge < -0.3 is 29.7 Å². The molecular weight excluding hydrogens is 556 g/mol. The van der Waals surface area contributed by atoms with Crippen molar-refractivity contribution in [2.24, 2.45) is 0 Å². The smallest absolute Gasteiger partial charge is 0.354 e. The Hall–Kier alpha value is -3.43. The van der Waals surface area contributed by atoms with Gasteiger partial charge in [0.1, 0.15) is 18.1 Å². The van der Waals surface area contributed by atoms with Crippen molar-refractivity contribution in [2.45, 2.75) is 76.9 Å². The highest BCUT2D eigenvalue weighted by Gasteiger charge is 2.40. The summed E-state index contributed by atoms with van der Waals surface area (Å²) in [6, 6.07) is 24.3. The number of carbonyl (C=O) groups excluding carboxylic acids is 1. The average molecular weight is 603 g/mol. The van der Waals surface area contributed by atoms with Crippen LogP contribution in [0.15, 0.2) is 72.8 Å². The lowest BCUT2D eigenvalue weighted by Crippen LogP contribution is -2.41. The van der Waals surface area contributed by atoms with Crippen molar-refractivity contribution in [1.82, 2.24) is 10.3 Å². The summed E-state index contributed by atoms with van der Waals surface area (Å²) in [5, 5.41) is 14.7. The van der Waals surface area contributed by atoms with E-state index in [9.17, 15) is 14.7 Å². The molecule has 0 bridgehead atoms. The molecule has 1 aromatic heterocycles. The van der Waals surface area contributed by atoms with Gasteiger partial charge in [0.05, 0.1) is 13.7 Å². The second kappa shape index (κ2) is 13.9. The Morgan fingerprint density at radius 2 is 1.77 bits per heavy atom. The molecule has 0 saturated carbocycles. The van der Waals surface area contributed by atoms with Crippen LogP contribution in [0, 0.1) is 0 Å². The van der Waals surface area contributed by atoms with E-state index in [2.05, 4.69) is 55.3 Å². The second-order valence-electron chi connectivity index (χ2n) is 12.8. The van der Waals surface area contributed by atoms with E-state index in [1.165, 1.54) is 12.7 Å². The summed E-state index contributed by atoms with van der Waals surface area (Å²) in [5.74, 6) is 0.428. The summed E-state index contributed by atoms with van der Waals surface area (Å²) < 4.78 is 10.9. The van der Waals surface area contributed by atoms with Gasteiger partial charge in [0, 0.05) is 29.1 Å². The number of carbonyl (C=O) groups is 1. The lowest BCUT2D eigenvalue weighted by atomic mass is 9.88. The Bertz CT molecular complexity index is 1510. The Labute approximate surface area is 256 Å². The highest BCUT2D eigenvalue weighted by Crippen LogP contribution is 2.44. The second-order valence-corrected chi connectivity index (χ2v) is 17.2. The lowest BCUT2D eigenvalue weighted by Gasteiger charge is -2.38. The van der Waals surface area contributed by atoms with Crippen LogP contribution >= 0.6 is 0 Å². The van der Waals surface area contributed by atoms with Crippen molar-refractivity contribution in [3.63, 3.8) is 0 Å². The lowest BCUT2D eigenvalue weighted by molar-refractivity contribution is 0.0595. The first-order valence-electron chi connectivity index (χ1n) is 15.0. The molecule has 0 aliphatic rings. The molecule has 43 heavy (non-hydrogen) atoms. The number of rotatable bonds is 14. The number of hydrogen-bond donors (Lipinski definition) is 4. The van der Waals surface area contributed by atoms with E-state index in [0.29, 0.717) is 18.1 Å². The van der Waals surface area contributed by atoms with Crippen LogP contribution in [0.1, 0.15) is 65.9 Å². The zero-order valence-electron chi connectivity index (χ0n) is 26.2. The van der Waals surface area contributed by atoms with Crippen molar-refractivity contribution in [1.29, 1.82) is 0 Å². The first-order valence-corrected chi connectivity index (χ1v) is 17.9. The first-order chi connectivity index (χ1) is 20.4. The molecule has 2 atom stereocenters. The first kappa shape index (κ1) is 32.5. The minimum absolute atomic E-state index is 0.114. The molecule has 4 aromatic rings. The quantitative estimate of drug-likeness (QED) is 0.0946. The molecule has 0 amide bonds. The van der Waals surface area contributed by atoms with Gasteiger partial charge in [-0.2, -0.15) is 0 Å². The van der Waals surface area contributed by atoms with E-state index >= 15 is 0 Å². The van der Waals surface area contributed by atoms with Gasteiger partial charge in [0.2, 0.25) is 0 Å². The molecule has 4 rings (SSSR count). The van der Waals surface area contributed by atoms with Crippen LogP contribution in [0.2, 0.25) is 18.1 Å². The maximum Gasteiger partial charge on any atom is 0.354 e. The van der Waals surface area contributed by atoms with Gasteiger partial charge in [-0.1, -0.05) is 56.3 Å². The molecule has 0 aliphatic heterocycles. The SMILES string of the molecule is COC(=O)c1cc2cc(C[C@@H](C)NC[C@H](CC(C)(C)[Si](C)(C)O)c3ccc(OCc4ccccc4)c(CO)c3)ccc2[nH]1. The monoisotopic (exact) mass is 602 g/mol. The van der Waals surface area contributed by atoms with Gasteiger partial charge in [-0.15, -0.1) is 0 Å². The molecular formula is C35H46N2O5Si. The van der Waals surface area contributed by atoms with E-state index < -0.39 is 8.32 Å². The third kappa shape index (κ3) is 8.35. The van der Waals surface area contributed by atoms with E-state index in [1.54, 1.807) is 0 Å². The fourth-order valence-electron chi connectivity index (χ4n) is 5.32. The fourth-order valence-corrected chi connectivity index (χ4v) is 6.07. The summed E-state index contributed by atoms with van der Waals surface area (Å²) >= 11 is 0. The maximum absolute atomic E-state index is 11.9. The Kier molecular flexibility index (Phi) is 10.5. The number of H-pyrrole nitrogens is 1. The number of aromatic nitrogens is 1. The number of methoxy groups -OCH3 is 1. The summed E-state index contributed by atoms with van der Waals surface area (Å²) in [6.45, 7) is 11.5. The van der Waals surface area contributed by atoms with Crippen LogP contribution in [-0.4, -0.2) is 48.9 Å². The number of benzene rings is 3.